The Morgan fingerprint density at radius 2 is 2.14 bits per heavy atom. The summed E-state index contributed by atoms with van der Waals surface area (Å²) >= 11 is 5.96. The second-order valence-electron chi connectivity index (χ2n) is 4.83. The van der Waals surface area contributed by atoms with Gasteiger partial charge in [0.1, 0.15) is 11.5 Å². The zero-order valence-corrected chi connectivity index (χ0v) is 12.6. The van der Waals surface area contributed by atoms with Gasteiger partial charge in [0, 0.05) is 29.6 Å². The van der Waals surface area contributed by atoms with Gasteiger partial charge in [-0.05, 0) is 18.2 Å². The van der Waals surface area contributed by atoms with Crippen molar-refractivity contribution < 1.29 is 4.79 Å². The van der Waals surface area contributed by atoms with Crippen molar-refractivity contribution in [3.05, 3.63) is 52.8 Å². The molecule has 3 N–H and O–H groups in total. The second-order valence-corrected chi connectivity index (χ2v) is 5.27. The van der Waals surface area contributed by atoms with E-state index in [1.807, 2.05) is 12.1 Å². The number of carbonyl (C=O) groups excluding carboxylic acids is 1. The molecule has 0 bridgehead atoms. The van der Waals surface area contributed by atoms with Crippen molar-refractivity contribution in [2.75, 3.05) is 5.32 Å². The van der Waals surface area contributed by atoms with Gasteiger partial charge < -0.3 is 11.1 Å². The van der Waals surface area contributed by atoms with E-state index < -0.39 is 0 Å². The summed E-state index contributed by atoms with van der Waals surface area (Å²) in [5.74, 6) is 0.251. The van der Waals surface area contributed by atoms with E-state index in [1.165, 1.54) is 0 Å². The number of nitrogens with zero attached hydrogens (tertiary/aromatic N) is 3. The molecule has 0 atom stereocenters. The van der Waals surface area contributed by atoms with Crippen LogP contribution < -0.4 is 11.1 Å². The molecule has 0 radical (unpaired) electrons. The Balaban J connectivity index is 1.93. The van der Waals surface area contributed by atoms with Gasteiger partial charge in [-0.1, -0.05) is 23.7 Å². The summed E-state index contributed by atoms with van der Waals surface area (Å²) in [5.41, 5.74) is 7.37. The topological polar surface area (TPSA) is 85.8 Å². The number of hydrogen-bond acceptors (Lipinski definition) is 4. The molecule has 0 aliphatic rings. The van der Waals surface area contributed by atoms with Gasteiger partial charge in [-0.15, -0.1) is 0 Å². The molecule has 0 spiro atoms. The number of pyridine rings is 1. The largest absolute Gasteiger partial charge is 0.326 e. The Hall–Kier alpha value is -2.44. The highest BCUT2D eigenvalue weighted by molar-refractivity contribution is 6.31. The van der Waals surface area contributed by atoms with Gasteiger partial charge >= 0.3 is 0 Å². The van der Waals surface area contributed by atoms with Gasteiger partial charge in [0.15, 0.2) is 0 Å². The Morgan fingerprint density at radius 3 is 2.91 bits per heavy atom. The number of hydrogen-bond donors (Lipinski definition) is 2. The Bertz CT molecular complexity index is 858. The molecule has 1 aromatic carbocycles. The van der Waals surface area contributed by atoms with E-state index in [4.69, 9.17) is 17.3 Å². The van der Waals surface area contributed by atoms with Gasteiger partial charge in [0.25, 0.3) is 5.91 Å². The fraction of sp³-hybridized carbons (Fsp3) is 0.133. The first-order valence-corrected chi connectivity index (χ1v) is 7.05. The summed E-state index contributed by atoms with van der Waals surface area (Å²) in [6, 6.07) is 8.88. The summed E-state index contributed by atoms with van der Waals surface area (Å²) in [6.45, 7) is 0.296. The summed E-state index contributed by atoms with van der Waals surface area (Å²) in [6.07, 6.45) is 1.63. The first kappa shape index (κ1) is 14.5. The first-order chi connectivity index (χ1) is 10.6. The van der Waals surface area contributed by atoms with Gasteiger partial charge in [0.05, 0.1) is 11.7 Å². The normalized spacial score (nSPS) is 10.9. The van der Waals surface area contributed by atoms with Crippen LogP contribution in [0.1, 0.15) is 16.1 Å². The predicted octanol–water partition coefficient (Wildman–Crippen LogP) is 2.33. The molecular formula is C15H14ClN5O. The van der Waals surface area contributed by atoms with Crippen molar-refractivity contribution >= 4 is 34.2 Å². The van der Waals surface area contributed by atoms with Crippen LogP contribution in [0.15, 0.2) is 36.5 Å². The molecule has 3 aromatic rings. The first-order valence-electron chi connectivity index (χ1n) is 6.67. The maximum Gasteiger partial charge on any atom is 0.275 e. The lowest BCUT2D eigenvalue weighted by atomic mass is 10.2. The molecular weight excluding hydrogens is 302 g/mol. The highest BCUT2D eigenvalue weighted by Crippen LogP contribution is 2.19. The van der Waals surface area contributed by atoms with Crippen molar-refractivity contribution in [2.24, 2.45) is 12.8 Å². The predicted molar refractivity (Wildman–Crippen MR) is 85.8 cm³/mol. The highest BCUT2D eigenvalue weighted by Gasteiger charge is 2.14. The average molecular weight is 316 g/mol. The Morgan fingerprint density at radius 1 is 1.36 bits per heavy atom. The molecule has 0 saturated carbocycles. The summed E-state index contributed by atoms with van der Waals surface area (Å²) in [5, 5.41) is 8.37. The van der Waals surface area contributed by atoms with E-state index in [0.717, 1.165) is 10.9 Å². The minimum absolute atomic E-state index is 0.296. The van der Waals surface area contributed by atoms with Crippen molar-refractivity contribution in [3.8, 4) is 0 Å². The highest BCUT2D eigenvalue weighted by atomic mass is 35.5. The van der Waals surface area contributed by atoms with Gasteiger partial charge in [-0.25, -0.2) is 4.98 Å². The number of aryl methyl sites for hydroxylation is 1. The van der Waals surface area contributed by atoms with E-state index in [0.29, 0.717) is 28.6 Å². The standard InChI is InChI=1S/C15H14ClN5O/c1-21-14(10(7-17)8-18-21)20-15(22)12-5-3-9-2-4-11(16)6-13(9)19-12/h2-6,8H,7,17H2,1H3,(H,20,22). The number of aromatic nitrogens is 3. The van der Waals surface area contributed by atoms with Crippen LogP contribution in [-0.4, -0.2) is 20.7 Å². The molecule has 7 heteroatoms. The smallest absolute Gasteiger partial charge is 0.275 e. The number of rotatable bonds is 3. The second kappa shape index (κ2) is 5.75. The zero-order valence-electron chi connectivity index (χ0n) is 11.9. The van der Waals surface area contributed by atoms with Crippen molar-refractivity contribution in [3.63, 3.8) is 0 Å². The molecule has 0 fully saturated rings. The van der Waals surface area contributed by atoms with Crippen molar-refractivity contribution in [1.29, 1.82) is 0 Å². The summed E-state index contributed by atoms with van der Waals surface area (Å²) in [4.78, 5) is 16.7. The molecule has 0 aliphatic carbocycles. The molecule has 0 saturated heterocycles. The lowest BCUT2D eigenvalue weighted by Crippen LogP contribution is -2.17. The van der Waals surface area contributed by atoms with Crippen molar-refractivity contribution in [1.82, 2.24) is 14.8 Å². The molecule has 2 heterocycles. The maximum absolute atomic E-state index is 12.4. The number of fused-ring (bicyclic) bond motifs is 1. The summed E-state index contributed by atoms with van der Waals surface area (Å²) < 4.78 is 1.57. The third kappa shape index (κ3) is 2.66. The lowest BCUT2D eigenvalue weighted by Gasteiger charge is -2.08. The fourth-order valence-electron chi connectivity index (χ4n) is 2.18. The molecule has 6 nitrogen and oxygen atoms in total. The summed E-state index contributed by atoms with van der Waals surface area (Å²) in [7, 11) is 1.74. The lowest BCUT2D eigenvalue weighted by molar-refractivity contribution is 0.102. The molecule has 0 unspecified atom stereocenters. The van der Waals surface area contributed by atoms with Gasteiger partial charge in [-0.3, -0.25) is 9.48 Å². The van der Waals surface area contributed by atoms with E-state index in [-0.39, 0.29) is 5.91 Å². The third-order valence-corrected chi connectivity index (χ3v) is 3.59. The maximum atomic E-state index is 12.4. The minimum Gasteiger partial charge on any atom is -0.326 e. The van der Waals surface area contributed by atoms with Crippen LogP contribution in [0, 0.1) is 0 Å². The van der Waals surface area contributed by atoms with Crippen LogP contribution >= 0.6 is 11.6 Å². The van der Waals surface area contributed by atoms with Crippen LogP contribution in [0.5, 0.6) is 0 Å². The van der Waals surface area contributed by atoms with Crippen LogP contribution in [-0.2, 0) is 13.6 Å². The van der Waals surface area contributed by atoms with Crippen LogP contribution in [0.25, 0.3) is 10.9 Å². The SMILES string of the molecule is Cn1ncc(CN)c1NC(=O)c1ccc2ccc(Cl)cc2n1. The number of benzene rings is 1. The average Bonchev–Trinajstić information content (AvgIpc) is 2.86. The van der Waals surface area contributed by atoms with Crippen molar-refractivity contribution in [2.45, 2.75) is 6.54 Å². The van der Waals surface area contributed by atoms with Gasteiger partial charge in [-0.2, -0.15) is 5.10 Å². The number of anilines is 1. The third-order valence-electron chi connectivity index (χ3n) is 3.35. The Labute approximate surface area is 131 Å². The number of nitrogens with one attached hydrogen (secondary N) is 1. The number of amides is 1. The molecule has 112 valence electrons. The van der Waals surface area contributed by atoms with Gasteiger partial charge in [0.2, 0.25) is 0 Å². The number of nitrogens with two attached hydrogens (primary N) is 1. The number of carbonyl (C=O) groups is 1. The van der Waals surface area contributed by atoms with Crippen LogP contribution in [0.3, 0.4) is 0 Å². The van der Waals surface area contributed by atoms with E-state index in [1.54, 1.807) is 36.1 Å². The Kier molecular flexibility index (Phi) is 3.79. The molecule has 2 aromatic heterocycles. The van der Waals surface area contributed by atoms with Crippen LogP contribution in [0.4, 0.5) is 5.82 Å². The van der Waals surface area contributed by atoms with E-state index in [9.17, 15) is 4.79 Å². The molecule has 22 heavy (non-hydrogen) atoms. The number of halogens is 1. The quantitative estimate of drug-likeness (QED) is 0.776. The van der Waals surface area contributed by atoms with E-state index >= 15 is 0 Å². The monoisotopic (exact) mass is 315 g/mol. The minimum atomic E-state index is -0.319. The van der Waals surface area contributed by atoms with E-state index in [2.05, 4.69) is 15.4 Å². The molecule has 3 rings (SSSR count). The zero-order chi connectivity index (χ0) is 15.7. The molecule has 1 amide bonds. The fourth-order valence-corrected chi connectivity index (χ4v) is 2.35. The molecule has 0 aliphatic heterocycles. The van der Waals surface area contributed by atoms with Crippen LogP contribution in [0.2, 0.25) is 5.02 Å².